The first-order chi connectivity index (χ1) is 9.61. The van der Waals surface area contributed by atoms with Crippen LogP contribution < -0.4 is 0 Å². The molecule has 0 atom stereocenters. The normalized spacial score (nSPS) is 16.4. The smallest absolute Gasteiger partial charge is 0.227 e. The van der Waals surface area contributed by atoms with Gasteiger partial charge in [0.15, 0.2) is 0 Å². The number of hydrogen-bond donors (Lipinski definition) is 0. The summed E-state index contributed by atoms with van der Waals surface area (Å²) in [5.41, 5.74) is 0.733. The molecule has 1 fully saturated rings. The second kappa shape index (κ2) is 7.30. The van der Waals surface area contributed by atoms with E-state index in [1.807, 2.05) is 4.90 Å². The van der Waals surface area contributed by atoms with Gasteiger partial charge in [-0.05, 0) is 30.7 Å². The number of carbonyl (C=O) groups is 1. The highest BCUT2D eigenvalue weighted by molar-refractivity contribution is 6.36. The molecule has 0 N–H and O–H groups in total. The molecule has 0 bridgehead atoms. The molecule has 1 amide bonds. The van der Waals surface area contributed by atoms with E-state index in [0.29, 0.717) is 10.0 Å². The second-order valence-corrected chi connectivity index (χ2v) is 5.91. The molecule has 1 heterocycles. The Hall–Kier alpha value is -0.770. The van der Waals surface area contributed by atoms with Crippen molar-refractivity contribution in [1.29, 1.82) is 0 Å². The fraction of sp³-hybridized carbons (Fsp3) is 0.533. The third-order valence-electron chi connectivity index (χ3n) is 3.65. The van der Waals surface area contributed by atoms with E-state index in [2.05, 4.69) is 11.8 Å². The van der Waals surface area contributed by atoms with E-state index >= 15 is 0 Å². The van der Waals surface area contributed by atoms with Crippen LogP contribution in [0.15, 0.2) is 18.2 Å². The van der Waals surface area contributed by atoms with Crippen LogP contribution >= 0.6 is 23.2 Å². The van der Waals surface area contributed by atoms with Gasteiger partial charge in [-0.25, -0.2) is 0 Å². The van der Waals surface area contributed by atoms with Crippen molar-refractivity contribution in [2.24, 2.45) is 0 Å². The van der Waals surface area contributed by atoms with Crippen molar-refractivity contribution in [3.05, 3.63) is 33.8 Å². The standard InChI is InChI=1S/C15H20Cl2N2O/c1-2-6-18-7-9-19(10-8-18)15(20)11-12-13(16)4-3-5-14(12)17/h3-5H,2,6-11H2,1H3. The summed E-state index contributed by atoms with van der Waals surface area (Å²) in [6.07, 6.45) is 1.44. The average molecular weight is 315 g/mol. The first kappa shape index (κ1) is 15.6. The summed E-state index contributed by atoms with van der Waals surface area (Å²) < 4.78 is 0. The van der Waals surface area contributed by atoms with Crippen molar-refractivity contribution >= 4 is 29.1 Å². The van der Waals surface area contributed by atoms with E-state index in [-0.39, 0.29) is 12.3 Å². The van der Waals surface area contributed by atoms with E-state index in [1.165, 1.54) is 0 Å². The molecule has 110 valence electrons. The molecule has 5 heteroatoms. The molecule has 0 aliphatic carbocycles. The molecule has 1 aromatic rings. The fourth-order valence-electron chi connectivity index (χ4n) is 2.50. The second-order valence-electron chi connectivity index (χ2n) is 5.10. The van der Waals surface area contributed by atoms with Crippen LogP contribution in [0, 0.1) is 0 Å². The summed E-state index contributed by atoms with van der Waals surface area (Å²) >= 11 is 12.2. The maximum absolute atomic E-state index is 12.3. The molecule has 0 unspecified atom stereocenters. The molecular weight excluding hydrogens is 295 g/mol. The number of benzene rings is 1. The van der Waals surface area contributed by atoms with Gasteiger partial charge in [0.05, 0.1) is 6.42 Å². The van der Waals surface area contributed by atoms with E-state index in [4.69, 9.17) is 23.2 Å². The largest absolute Gasteiger partial charge is 0.340 e. The number of halogens is 2. The lowest BCUT2D eigenvalue weighted by Gasteiger charge is -2.34. The Bertz CT molecular complexity index is 451. The maximum atomic E-state index is 12.3. The molecule has 20 heavy (non-hydrogen) atoms. The summed E-state index contributed by atoms with van der Waals surface area (Å²) in [5, 5.41) is 1.13. The van der Waals surface area contributed by atoms with Gasteiger partial charge in [0.1, 0.15) is 0 Å². The quantitative estimate of drug-likeness (QED) is 0.852. The van der Waals surface area contributed by atoms with E-state index in [9.17, 15) is 4.79 Å². The molecular formula is C15H20Cl2N2O. The van der Waals surface area contributed by atoms with Crippen LogP contribution in [-0.4, -0.2) is 48.4 Å². The van der Waals surface area contributed by atoms with Gasteiger partial charge in [0, 0.05) is 36.2 Å². The predicted octanol–water partition coefficient (Wildman–Crippen LogP) is 3.09. The number of carbonyl (C=O) groups excluding carboxylic acids is 1. The number of nitrogens with zero attached hydrogens (tertiary/aromatic N) is 2. The molecule has 0 radical (unpaired) electrons. The van der Waals surface area contributed by atoms with Crippen molar-refractivity contribution in [1.82, 2.24) is 9.80 Å². The first-order valence-corrected chi connectivity index (χ1v) is 7.80. The molecule has 1 aliphatic rings. The van der Waals surface area contributed by atoms with Gasteiger partial charge in [-0.15, -0.1) is 0 Å². The highest BCUT2D eigenvalue weighted by atomic mass is 35.5. The third kappa shape index (κ3) is 3.87. The van der Waals surface area contributed by atoms with Crippen molar-refractivity contribution in [3.8, 4) is 0 Å². The Balaban J connectivity index is 1.93. The van der Waals surface area contributed by atoms with Crippen molar-refractivity contribution in [2.45, 2.75) is 19.8 Å². The molecule has 0 saturated carbocycles. The van der Waals surface area contributed by atoms with Crippen LogP contribution in [0.5, 0.6) is 0 Å². The highest BCUT2D eigenvalue weighted by Crippen LogP contribution is 2.25. The summed E-state index contributed by atoms with van der Waals surface area (Å²) in [7, 11) is 0. The predicted molar refractivity (Wildman–Crippen MR) is 83.5 cm³/mol. The summed E-state index contributed by atoms with van der Waals surface area (Å²) in [6.45, 7) is 6.78. The lowest BCUT2D eigenvalue weighted by Crippen LogP contribution is -2.49. The van der Waals surface area contributed by atoms with Gasteiger partial charge in [-0.3, -0.25) is 9.69 Å². The monoisotopic (exact) mass is 314 g/mol. The molecule has 0 aromatic heterocycles. The minimum atomic E-state index is 0.108. The van der Waals surface area contributed by atoms with Gasteiger partial charge < -0.3 is 4.90 Å². The summed E-state index contributed by atoms with van der Waals surface area (Å²) in [6, 6.07) is 5.34. The molecule has 1 aliphatic heterocycles. The fourth-order valence-corrected chi connectivity index (χ4v) is 3.03. The molecule has 0 spiro atoms. The van der Waals surface area contributed by atoms with E-state index in [0.717, 1.165) is 44.7 Å². The van der Waals surface area contributed by atoms with Crippen molar-refractivity contribution in [2.75, 3.05) is 32.7 Å². The van der Waals surface area contributed by atoms with Crippen LogP contribution in [0.2, 0.25) is 10.0 Å². The minimum absolute atomic E-state index is 0.108. The van der Waals surface area contributed by atoms with Crippen LogP contribution in [0.3, 0.4) is 0 Å². The number of piperazine rings is 1. The number of amides is 1. The van der Waals surface area contributed by atoms with Crippen LogP contribution in [0.25, 0.3) is 0 Å². The van der Waals surface area contributed by atoms with E-state index < -0.39 is 0 Å². The summed E-state index contributed by atoms with van der Waals surface area (Å²) in [4.78, 5) is 16.6. The topological polar surface area (TPSA) is 23.6 Å². The van der Waals surface area contributed by atoms with Crippen molar-refractivity contribution in [3.63, 3.8) is 0 Å². The van der Waals surface area contributed by atoms with E-state index in [1.54, 1.807) is 18.2 Å². The summed E-state index contributed by atoms with van der Waals surface area (Å²) in [5.74, 6) is 0.108. The zero-order valence-electron chi connectivity index (χ0n) is 11.7. The maximum Gasteiger partial charge on any atom is 0.227 e. The van der Waals surface area contributed by atoms with Gasteiger partial charge in [0.2, 0.25) is 5.91 Å². The average Bonchev–Trinajstić information content (AvgIpc) is 2.44. The zero-order valence-corrected chi connectivity index (χ0v) is 13.3. The third-order valence-corrected chi connectivity index (χ3v) is 4.36. The lowest BCUT2D eigenvalue weighted by molar-refractivity contribution is -0.132. The van der Waals surface area contributed by atoms with Crippen molar-refractivity contribution < 1.29 is 4.79 Å². The Morgan fingerprint density at radius 2 is 1.75 bits per heavy atom. The Morgan fingerprint density at radius 1 is 1.15 bits per heavy atom. The first-order valence-electron chi connectivity index (χ1n) is 7.05. The number of rotatable bonds is 4. The molecule has 2 rings (SSSR count). The van der Waals surface area contributed by atoms with Gasteiger partial charge >= 0.3 is 0 Å². The Kier molecular flexibility index (Phi) is 5.70. The highest BCUT2D eigenvalue weighted by Gasteiger charge is 2.21. The SMILES string of the molecule is CCCN1CCN(C(=O)Cc2c(Cl)cccc2Cl)CC1. The molecule has 3 nitrogen and oxygen atoms in total. The lowest BCUT2D eigenvalue weighted by atomic mass is 10.1. The van der Waals surface area contributed by atoms with Crippen LogP contribution in [0.1, 0.15) is 18.9 Å². The zero-order chi connectivity index (χ0) is 14.5. The Labute approximate surface area is 130 Å². The van der Waals surface area contributed by atoms with Gasteiger partial charge in [-0.1, -0.05) is 36.2 Å². The Morgan fingerprint density at radius 3 is 2.30 bits per heavy atom. The van der Waals surface area contributed by atoms with Crippen LogP contribution in [-0.2, 0) is 11.2 Å². The van der Waals surface area contributed by atoms with Gasteiger partial charge in [0.25, 0.3) is 0 Å². The van der Waals surface area contributed by atoms with Gasteiger partial charge in [-0.2, -0.15) is 0 Å². The minimum Gasteiger partial charge on any atom is -0.340 e. The van der Waals surface area contributed by atoms with Crippen LogP contribution in [0.4, 0.5) is 0 Å². The molecule has 1 aromatic carbocycles. The number of hydrogen-bond acceptors (Lipinski definition) is 2. The molecule has 1 saturated heterocycles.